The zero-order valence-electron chi connectivity index (χ0n) is 9.90. The van der Waals surface area contributed by atoms with Crippen molar-refractivity contribution in [3.05, 3.63) is 0 Å². The Morgan fingerprint density at radius 3 is 2.88 bits per heavy atom. The summed E-state index contributed by atoms with van der Waals surface area (Å²) in [4.78, 5) is 24.1. The fourth-order valence-electron chi connectivity index (χ4n) is 2.13. The SMILES string of the molecule is CC(C)N(CC(=O)O)C1CCCNC(=O)C1. The summed E-state index contributed by atoms with van der Waals surface area (Å²) in [6.07, 6.45) is 2.20. The van der Waals surface area contributed by atoms with E-state index in [2.05, 4.69) is 5.32 Å². The van der Waals surface area contributed by atoms with Crippen molar-refractivity contribution in [2.75, 3.05) is 13.1 Å². The van der Waals surface area contributed by atoms with Crippen LogP contribution in [0.25, 0.3) is 0 Å². The van der Waals surface area contributed by atoms with Gasteiger partial charge >= 0.3 is 5.97 Å². The maximum atomic E-state index is 11.4. The van der Waals surface area contributed by atoms with Crippen LogP contribution in [0.3, 0.4) is 0 Å². The minimum absolute atomic E-state index is 0.00954. The molecule has 1 aliphatic rings. The maximum Gasteiger partial charge on any atom is 0.317 e. The maximum absolute atomic E-state index is 11.4. The quantitative estimate of drug-likeness (QED) is 0.733. The summed E-state index contributed by atoms with van der Waals surface area (Å²) in [5.41, 5.74) is 0. The van der Waals surface area contributed by atoms with Gasteiger partial charge in [0.15, 0.2) is 0 Å². The number of rotatable bonds is 4. The van der Waals surface area contributed by atoms with Crippen LogP contribution in [0.2, 0.25) is 0 Å². The molecular formula is C11H20N2O3. The molecule has 1 fully saturated rings. The first-order chi connectivity index (χ1) is 7.50. The van der Waals surface area contributed by atoms with Crippen molar-refractivity contribution >= 4 is 11.9 Å². The molecule has 2 N–H and O–H groups in total. The molecule has 0 aliphatic carbocycles. The van der Waals surface area contributed by atoms with E-state index in [9.17, 15) is 9.59 Å². The van der Waals surface area contributed by atoms with Gasteiger partial charge in [-0.3, -0.25) is 14.5 Å². The van der Waals surface area contributed by atoms with Gasteiger partial charge in [0.25, 0.3) is 0 Å². The van der Waals surface area contributed by atoms with E-state index in [4.69, 9.17) is 5.11 Å². The van der Waals surface area contributed by atoms with E-state index >= 15 is 0 Å². The Bertz CT molecular complexity index is 266. The van der Waals surface area contributed by atoms with Gasteiger partial charge in [-0.15, -0.1) is 0 Å². The number of amides is 1. The average molecular weight is 228 g/mol. The van der Waals surface area contributed by atoms with Gasteiger partial charge in [-0.1, -0.05) is 0 Å². The van der Waals surface area contributed by atoms with Gasteiger partial charge in [-0.25, -0.2) is 0 Å². The van der Waals surface area contributed by atoms with E-state index in [0.717, 1.165) is 12.8 Å². The number of hydrogen-bond donors (Lipinski definition) is 2. The van der Waals surface area contributed by atoms with Crippen LogP contribution in [0, 0.1) is 0 Å². The van der Waals surface area contributed by atoms with Crippen LogP contribution in [0.4, 0.5) is 0 Å². The van der Waals surface area contributed by atoms with Crippen molar-refractivity contribution in [2.24, 2.45) is 0 Å². The van der Waals surface area contributed by atoms with Crippen LogP contribution >= 0.6 is 0 Å². The van der Waals surface area contributed by atoms with E-state index in [1.165, 1.54) is 0 Å². The normalized spacial score (nSPS) is 22.0. The Morgan fingerprint density at radius 1 is 1.62 bits per heavy atom. The standard InChI is InChI=1S/C11H20N2O3/c1-8(2)13(7-11(15)16)9-4-3-5-12-10(14)6-9/h8-9H,3-7H2,1-2H3,(H,12,14)(H,15,16). The Balaban J connectivity index is 2.67. The van der Waals surface area contributed by atoms with Crippen LogP contribution < -0.4 is 5.32 Å². The molecule has 0 aromatic rings. The third-order valence-electron chi connectivity index (χ3n) is 2.91. The number of nitrogens with one attached hydrogen (secondary N) is 1. The van der Waals surface area contributed by atoms with Crippen molar-refractivity contribution in [2.45, 2.75) is 45.2 Å². The topological polar surface area (TPSA) is 69.6 Å². The summed E-state index contributed by atoms with van der Waals surface area (Å²) < 4.78 is 0. The van der Waals surface area contributed by atoms with Crippen molar-refractivity contribution in [3.8, 4) is 0 Å². The van der Waals surface area contributed by atoms with E-state index in [0.29, 0.717) is 13.0 Å². The molecule has 1 heterocycles. The first kappa shape index (κ1) is 13.0. The molecule has 0 spiro atoms. The van der Waals surface area contributed by atoms with Gasteiger partial charge in [-0.05, 0) is 26.7 Å². The summed E-state index contributed by atoms with van der Waals surface area (Å²) in [6, 6.07) is 0.200. The summed E-state index contributed by atoms with van der Waals surface area (Å²) in [5.74, 6) is -0.808. The molecule has 1 saturated heterocycles. The number of nitrogens with zero attached hydrogens (tertiary/aromatic N) is 1. The molecule has 0 aromatic carbocycles. The lowest BCUT2D eigenvalue weighted by Gasteiger charge is -2.32. The molecule has 1 rings (SSSR count). The minimum atomic E-state index is -0.835. The van der Waals surface area contributed by atoms with Crippen molar-refractivity contribution in [1.29, 1.82) is 0 Å². The fraction of sp³-hybridized carbons (Fsp3) is 0.818. The van der Waals surface area contributed by atoms with Crippen molar-refractivity contribution < 1.29 is 14.7 Å². The Labute approximate surface area is 95.8 Å². The lowest BCUT2D eigenvalue weighted by atomic mass is 10.1. The summed E-state index contributed by atoms with van der Waals surface area (Å²) >= 11 is 0. The Kier molecular flexibility index (Phi) is 4.73. The van der Waals surface area contributed by atoms with Crippen LogP contribution in [0.5, 0.6) is 0 Å². The summed E-state index contributed by atoms with van der Waals surface area (Å²) in [5, 5.41) is 11.7. The minimum Gasteiger partial charge on any atom is -0.480 e. The Morgan fingerprint density at radius 2 is 2.31 bits per heavy atom. The van der Waals surface area contributed by atoms with E-state index in [-0.39, 0.29) is 24.5 Å². The molecule has 0 radical (unpaired) electrons. The predicted molar refractivity (Wildman–Crippen MR) is 60.1 cm³/mol. The molecule has 0 aromatic heterocycles. The lowest BCUT2D eigenvalue weighted by Crippen LogP contribution is -2.44. The smallest absolute Gasteiger partial charge is 0.317 e. The number of carboxylic acids is 1. The highest BCUT2D eigenvalue weighted by atomic mass is 16.4. The zero-order valence-corrected chi connectivity index (χ0v) is 9.90. The van der Waals surface area contributed by atoms with Crippen LogP contribution in [-0.4, -0.2) is 47.1 Å². The van der Waals surface area contributed by atoms with Crippen LogP contribution in [0.15, 0.2) is 0 Å². The molecule has 5 nitrogen and oxygen atoms in total. The third kappa shape index (κ3) is 3.81. The lowest BCUT2D eigenvalue weighted by molar-refractivity contribution is -0.140. The van der Waals surface area contributed by atoms with Gasteiger partial charge in [0, 0.05) is 25.0 Å². The first-order valence-corrected chi connectivity index (χ1v) is 5.75. The summed E-state index contributed by atoms with van der Waals surface area (Å²) in [7, 11) is 0. The molecule has 1 atom stereocenters. The molecule has 1 amide bonds. The second-order valence-electron chi connectivity index (χ2n) is 4.51. The molecule has 92 valence electrons. The van der Waals surface area contributed by atoms with E-state index in [1.807, 2.05) is 18.7 Å². The molecular weight excluding hydrogens is 208 g/mol. The molecule has 1 unspecified atom stereocenters. The molecule has 1 aliphatic heterocycles. The highest BCUT2D eigenvalue weighted by Gasteiger charge is 2.26. The summed E-state index contributed by atoms with van der Waals surface area (Å²) in [6.45, 7) is 4.64. The second kappa shape index (κ2) is 5.84. The molecule has 0 saturated carbocycles. The van der Waals surface area contributed by atoms with Gasteiger partial charge in [0.2, 0.25) is 5.91 Å². The second-order valence-corrected chi connectivity index (χ2v) is 4.51. The monoisotopic (exact) mass is 228 g/mol. The first-order valence-electron chi connectivity index (χ1n) is 5.75. The van der Waals surface area contributed by atoms with Gasteiger partial charge < -0.3 is 10.4 Å². The van der Waals surface area contributed by atoms with Gasteiger partial charge in [0.05, 0.1) is 6.54 Å². The molecule has 0 bridgehead atoms. The predicted octanol–water partition coefficient (Wildman–Crippen LogP) is 0.450. The number of carboxylic acid groups (broad SMARTS) is 1. The van der Waals surface area contributed by atoms with E-state index in [1.54, 1.807) is 0 Å². The van der Waals surface area contributed by atoms with Crippen LogP contribution in [0.1, 0.15) is 33.1 Å². The Hall–Kier alpha value is -1.10. The van der Waals surface area contributed by atoms with Crippen molar-refractivity contribution in [1.82, 2.24) is 10.2 Å². The number of carbonyl (C=O) groups is 2. The van der Waals surface area contributed by atoms with E-state index < -0.39 is 5.97 Å². The third-order valence-corrected chi connectivity index (χ3v) is 2.91. The van der Waals surface area contributed by atoms with Crippen LogP contribution in [-0.2, 0) is 9.59 Å². The molecule has 16 heavy (non-hydrogen) atoms. The number of aliphatic carboxylic acids is 1. The number of hydrogen-bond acceptors (Lipinski definition) is 3. The average Bonchev–Trinajstić information content (AvgIpc) is 2.38. The highest BCUT2D eigenvalue weighted by Crippen LogP contribution is 2.16. The molecule has 5 heteroatoms. The largest absolute Gasteiger partial charge is 0.480 e. The van der Waals surface area contributed by atoms with Crippen molar-refractivity contribution in [3.63, 3.8) is 0 Å². The fourth-order valence-corrected chi connectivity index (χ4v) is 2.13. The van der Waals surface area contributed by atoms with Gasteiger partial charge in [-0.2, -0.15) is 0 Å². The highest BCUT2D eigenvalue weighted by molar-refractivity contribution is 5.77. The van der Waals surface area contributed by atoms with Gasteiger partial charge in [0.1, 0.15) is 0 Å². The number of carbonyl (C=O) groups excluding carboxylic acids is 1. The zero-order chi connectivity index (χ0) is 12.1.